The zero-order chi connectivity index (χ0) is 19.4. The maximum atomic E-state index is 12.1. The van der Waals surface area contributed by atoms with Crippen molar-refractivity contribution in [1.82, 2.24) is 0 Å². The minimum absolute atomic E-state index is 0.111. The third-order valence-electron chi connectivity index (χ3n) is 3.88. The van der Waals surface area contributed by atoms with Gasteiger partial charge in [0.25, 0.3) is 5.69 Å². The molecule has 0 amide bonds. The van der Waals surface area contributed by atoms with E-state index in [0.717, 1.165) is 0 Å². The fraction of sp³-hybridized carbons (Fsp3) is 0.158. The minimum Gasteiger partial charge on any atom is -0.454 e. The van der Waals surface area contributed by atoms with Crippen LogP contribution in [0.3, 0.4) is 0 Å². The van der Waals surface area contributed by atoms with E-state index in [-0.39, 0.29) is 18.0 Å². The maximum Gasteiger partial charge on any atom is 0.331 e. The molecule has 0 unspecified atom stereocenters. The molecule has 3 rings (SSSR count). The molecule has 0 bridgehead atoms. The molecule has 0 aromatic heterocycles. The molecule has 0 N–H and O–H groups in total. The van der Waals surface area contributed by atoms with Crippen LogP contribution in [0.1, 0.15) is 21.5 Å². The Bertz CT molecular complexity index is 949. The van der Waals surface area contributed by atoms with Crippen LogP contribution >= 0.6 is 0 Å². The second-order valence-electron chi connectivity index (χ2n) is 5.74. The molecule has 8 nitrogen and oxygen atoms in total. The van der Waals surface area contributed by atoms with Crippen LogP contribution in [0, 0.1) is 17.0 Å². The van der Waals surface area contributed by atoms with E-state index in [0.29, 0.717) is 22.6 Å². The Kier molecular flexibility index (Phi) is 5.16. The number of nitrogens with zero attached hydrogens (tertiary/aromatic N) is 1. The van der Waals surface area contributed by atoms with Crippen LogP contribution in [0.2, 0.25) is 0 Å². The van der Waals surface area contributed by atoms with Crippen LogP contribution in [0.15, 0.2) is 42.5 Å². The first kappa shape index (κ1) is 18.1. The number of carbonyl (C=O) groups is 2. The van der Waals surface area contributed by atoms with E-state index in [1.165, 1.54) is 30.4 Å². The molecule has 0 fully saturated rings. The summed E-state index contributed by atoms with van der Waals surface area (Å²) in [5, 5.41) is 10.9. The Balaban J connectivity index is 1.58. The third kappa shape index (κ3) is 4.30. The summed E-state index contributed by atoms with van der Waals surface area (Å²) in [5.41, 5.74) is 1.10. The van der Waals surface area contributed by atoms with Gasteiger partial charge in [0.2, 0.25) is 12.6 Å². The van der Waals surface area contributed by atoms with E-state index in [9.17, 15) is 19.7 Å². The van der Waals surface area contributed by atoms with E-state index in [1.807, 2.05) is 0 Å². The van der Waals surface area contributed by atoms with Crippen molar-refractivity contribution in [2.75, 3.05) is 13.4 Å². The predicted octanol–water partition coefficient (Wildman–Crippen LogP) is 3.07. The Hall–Kier alpha value is -3.68. The highest BCUT2D eigenvalue weighted by Gasteiger charge is 2.16. The van der Waals surface area contributed by atoms with Crippen molar-refractivity contribution >= 4 is 23.5 Å². The van der Waals surface area contributed by atoms with Crippen LogP contribution < -0.4 is 9.47 Å². The van der Waals surface area contributed by atoms with Gasteiger partial charge in [-0.05, 0) is 30.7 Å². The predicted molar refractivity (Wildman–Crippen MR) is 94.7 cm³/mol. The van der Waals surface area contributed by atoms with Crippen molar-refractivity contribution in [2.24, 2.45) is 0 Å². The lowest BCUT2D eigenvalue weighted by molar-refractivity contribution is -0.385. The number of hydrogen-bond donors (Lipinski definition) is 0. The molecule has 8 heteroatoms. The van der Waals surface area contributed by atoms with Crippen molar-refractivity contribution in [3.05, 3.63) is 69.3 Å². The summed E-state index contributed by atoms with van der Waals surface area (Å²) in [6.45, 7) is 1.22. The first-order valence-corrected chi connectivity index (χ1v) is 7.97. The molecule has 2 aromatic carbocycles. The van der Waals surface area contributed by atoms with E-state index >= 15 is 0 Å². The molecule has 2 aromatic rings. The number of nitro groups is 1. The second kappa shape index (κ2) is 7.69. The zero-order valence-corrected chi connectivity index (χ0v) is 14.3. The molecule has 1 aliphatic rings. The van der Waals surface area contributed by atoms with Gasteiger partial charge in [0.1, 0.15) is 0 Å². The Morgan fingerprint density at radius 1 is 1.19 bits per heavy atom. The first-order chi connectivity index (χ1) is 12.9. The van der Waals surface area contributed by atoms with Crippen molar-refractivity contribution < 1.29 is 28.7 Å². The normalized spacial score (nSPS) is 12.2. The summed E-state index contributed by atoms with van der Waals surface area (Å²) in [6, 6.07) is 9.29. The zero-order valence-electron chi connectivity index (χ0n) is 14.3. The number of ether oxygens (including phenoxy) is 3. The van der Waals surface area contributed by atoms with Crippen LogP contribution in [0.5, 0.6) is 11.5 Å². The summed E-state index contributed by atoms with van der Waals surface area (Å²) >= 11 is 0. The molecular formula is C19H15NO7. The second-order valence-corrected chi connectivity index (χ2v) is 5.74. The number of esters is 1. The largest absolute Gasteiger partial charge is 0.454 e. The van der Waals surface area contributed by atoms with E-state index in [1.54, 1.807) is 25.1 Å². The first-order valence-electron chi connectivity index (χ1n) is 7.97. The summed E-state index contributed by atoms with van der Waals surface area (Å²) in [4.78, 5) is 34.2. The van der Waals surface area contributed by atoms with E-state index in [4.69, 9.17) is 14.2 Å². The molecular weight excluding hydrogens is 354 g/mol. The van der Waals surface area contributed by atoms with Crippen LogP contribution in [-0.4, -0.2) is 30.1 Å². The van der Waals surface area contributed by atoms with Gasteiger partial charge in [-0.15, -0.1) is 0 Å². The Morgan fingerprint density at radius 3 is 2.74 bits per heavy atom. The smallest absolute Gasteiger partial charge is 0.331 e. The standard InChI is InChI=1S/C19H15NO7/c1-12-2-5-14(9-15(12)20(23)24)16(21)10-25-19(22)7-4-13-3-6-17-18(8-13)27-11-26-17/h2-9H,10-11H2,1H3/b7-4+. The highest BCUT2D eigenvalue weighted by atomic mass is 16.7. The number of carbonyl (C=O) groups excluding carboxylic acids is 2. The molecule has 138 valence electrons. The molecule has 0 saturated carbocycles. The van der Waals surface area contributed by atoms with Gasteiger partial charge in [-0.1, -0.05) is 18.2 Å². The number of fused-ring (bicyclic) bond motifs is 1. The monoisotopic (exact) mass is 369 g/mol. The summed E-state index contributed by atoms with van der Waals surface area (Å²) in [5.74, 6) is -0.0141. The topological polar surface area (TPSA) is 105 Å². The fourth-order valence-electron chi connectivity index (χ4n) is 2.43. The number of ketones is 1. The van der Waals surface area contributed by atoms with Gasteiger partial charge < -0.3 is 14.2 Å². The molecule has 0 radical (unpaired) electrons. The molecule has 0 atom stereocenters. The number of benzene rings is 2. The summed E-state index contributed by atoms with van der Waals surface area (Å²) < 4.78 is 15.3. The lowest BCUT2D eigenvalue weighted by Crippen LogP contribution is -2.13. The van der Waals surface area contributed by atoms with Crippen LogP contribution in [0.25, 0.3) is 6.08 Å². The van der Waals surface area contributed by atoms with E-state index < -0.39 is 23.3 Å². The van der Waals surface area contributed by atoms with Crippen molar-refractivity contribution in [3.63, 3.8) is 0 Å². The van der Waals surface area contributed by atoms with Gasteiger partial charge in [0.15, 0.2) is 18.1 Å². The molecule has 0 spiro atoms. The molecule has 0 aliphatic carbocycles. The lowest BCUT2D eigenvalue weighted by atomic mass is 10.1. The van der Waals surface area contributed by atoms with E-state index in [2.05, 4.69) is 0 Å². The number of hydrogen-bond acceptors (Lipinski definition) is 7. The lowest BCUT2D eigenvalue weighted by Gasteiger charge is -2.03. The molecule has 1 heterocycles. The molecule has 1 aliphatic heterocycles. The van der Waals surface area contributed by atoms with Gasteiger partial charge in [0.05, 0.1) is 4.92 Å². The van der Waals surface area contributed by atoms with Gasteiger partial charge in [-0.3, -0.25) is 14.9 Å². The molecule has 0 saturated heterocycles. The highest BCUT2D eigenvalue weighted by Crippen LogP contribution is 2.32. The van der Waals surface area contributed by atoms with Gasteiger partial charge >= 0.3 is 5.97 Å². The van der Waals surface area contributed by atoms with Gasteiger partial charge in [0, 0.05) is 23.3 Å². The number of Topliss-reactive ketones (excluding diaryl/α,β-unsaturated/α-hetero) is 1. The summed E-state index contributed by atoms with van der Waals surface area (Å²) in [7, 11) is 0. The number of aryl methyl sites for hydroxylation is 1. The number of nitro benzene ring substituents is 1. The van der Waals surface area contributed by atoms with Crippen molar-refractivity contribution in [3.8, 4) is 11.5 Å². The van der Waals surface area contributed by atoms with Crippen LogP contribution in [0.4, 0.5) is 5.69 Å². The average molecular weight is 369 g/mol. The maximum absolute atomic E-state index is 12.1. The van der Waals surface area contributed by atoms with Crippen LogP contribution in [-0.2, 0) is 9.53 Å². The fourth-order valence-corrected chi connectivity index (χ4v) is 2.43. The Labute approximate surface area is 154 Å². The van der Waals surface area contributed by atoms with Gasteiger partial charge in [-0.2, -0.15) is 0 Å². The van der Waals surface area contributed by atoms with Crippen molar-refractivity contribution in [2.45, 2.75) is 6.92 Å². The minimum atomic E-state index is -0.706. The van der Waals surface area contributed by atoms with Crippen molar-refractivity contribution in [1.29, 1.82) is 0 Å². The summed E-state index contributed by atoms with van der Waals surface area (Å²) in [6.07, 6.45) is 2.70. The van der Waals surface area contributed by atoms with Gasteiger partial charge in [-0.25, -0.2) is 4.79 Å². The molecule has 27 heavy (non-hydrogen) atoms. The quantitative estimate of drug-likeness (QED) is 0.253. The highest BCUT2D eigenvalue weighted by molar-refractivity contribution is 5.99. The number of rotatable bonds is 6. The Morgan fingerprint density at radius 2 is 1.96 bits per heavy atom. The SMILES string of the molecule is Cc1ccc(C(=O)COC(=O)/C=C/c2ccc3c(c2)OCO3)cc1[N+](=O)[O-]. The average Bonchev–Trinajstić information content (AvgIpc) is 3.12. The third-order valence-corrected chi connectivity index (χ3v) is 3.88.